The zero-order chi connectivity index (χ0) is 18.8. The number of carbonyl (C=O) groups excluding carboxylic acids is 1. The summed E-state index contributed by atoms with van der Waals surface area (Å²) >= 11 is 0. The zero-order valence-electron chi connectivity index (χ0n) is 14.3. The van der Waals surface area contributed by atoms with E-state index in [-0.39, 0.29) is 11.5 Å². The summed E-state index contributed by atoms with van der Waals surface area (Å²) in [6.45, 7) is 0.872. The minimum Gasteiger partial charge on any atom is -0.338 e. The van der Waals surface area contributed by atoms with Crippen LogP contribution in [0, 0.1) is 11.6 Å². The molecule has 3 heterocycles. The fraction of sp³-hybridized carbons (Fsp3) is 0.263. The van der Waals surface area contributed by atoms with E-state index in [1.807, 2.05) is 6.07 Å². The van der Waals surface area contributed by atoms with Gasteiger partial charge in [-0.05, 0) is 37.1 Å². The Kier molecular flexibility index (Phi) is 4.62. The number of piperidine rings is 1. The molecule has 6 nitrogen and oxygen atoms in total. The molecule has 4 rings (SSSR count). The Morgan fingerprint density at radius 3 is 2.74 bits per heavy atom. The van der Waals surface area contributed by atoms with E-state index in [1.54, 1.807) is 23.2 Å². The van der Waals surface area contributed by atoms with Crippen molar-refractivity contribution in [2.24, 2.45) is 0 Å². The number of aromatic nitrogens is 3. The summed E-state index contributed by atoms with van der Waals surface area (Å²) in [6, 6.07) is 8.22. The maximum atomic E-state index is 13.4. The zero-order valence-corrected chi connectivity index (χ0v) is 14.3. The number of benzene rings is 1. The molecule has 0 radical (unpaired) electrons. The maximum Gasteiger partial charge on any atom is 0.276 e. The monoisotopic (exact) mass is 370 g/mol. The topological polar surface area (TPSA) is 72.1 Å². The van der Waals surface area contributed by atoms with E-state index in [0.717, 1.165) is 31.0 Å². The summed E-state index contributed by atoms with van der Waals surface area (Å²) < 4.78 is 32.1. The van der Waals surface area contributed by atoms with Gasteiger partial charge in [0.05, 0.1) is 0 Å². The summed E-state index contributed by atoms with van der Waals surface area (Å²) in [7, 11) is 0. The van der Waals surface area contributed by atoms with Crippen molar-refractivity contribution in [1.82, 2.24) is 20.0 Å². The van der Waals surface area contributed by atoms with Crippen LogP contribution in [0.3, 0.4) is 0 Å². The highest BCUT2D eigenvalue weighted by Gasteiger charge is 2.29. The van der Waals surface area contributed by atoms with Crippen molar-refractivity contribution >= 4 is 5.91 Å². The fourth-order valence-electron chi connectivity index (χ4n) is 3.23. The first-order valence-corrected chi connectivity index (χ1v) is 8.60. The molecule has 1 aliphatic rings. The highest BCUT2D eigenvalue weighted by Crippen LogP contribution is 2.27. The number of rotatable bonds is 3. The lowest BCUT2D eigenvalue weighted by Crippen LogP contribution is -2.39. The molecular weight excluding hydrogens is 354 g/mol. The minimum absolute atomic E-state index is 0.00423. The van der Waals surface area contributed by atoms with Crippen LogP contribution < -0.4 is 0 Å². The second-order valence-electron chi connectivity index (χ2n) is 6.42. The number of nitrogens with zero attached hydrogens (tertiary/aromatic N) is 4. The molecule has 1 aromatic carbocycles. The molecule has 27 heavy (non-hydrogen) atoms. The Labute approximate surface area is 153 Å². The van der Waals surface area contributed by atoms with E-state index in [0.29, 0.717) is 30.5 Å². The Morgan fingerprint density at radius 1 is 1.19 bits per heavy atom. The van der Waals surface area contributed by atoms with Crippen molar-refractivity contribution in [2.45, 2.75) is 18.8 Å². The van der Waals surface area contributed by atoms with E-state index in [4.69, 9.17) is 4.52 Å². The predicted octanol–water partition coefficient (Wildman–Crippen LogP) is 3.43. The summed E-state index contributed by atoms with van der Waals surface area (Å²) in [4.78, 5) is 22.8. The van der Waals surface area contributed by atoms with Crippen molar-refractivity contribution in [1.29, 1.82) is 0 Å². The van der Waals surface area contributed by atoms with Crippen LogP contribution in [0.5, 0.6) is 0 Å². The van der Waals surface area contributed by atoms with Crippen molar-refractivity contribution in [3.05, 3.63) is 65.6 Å². The lowest BCUT2D eigenvalue weighted by Gasteiger charge is -2.31. The molecule has 0 aliphatic carbocycles. The Hall–Kier alpha value is -3.16. The molecule has 1 fully saturated rings. The Balaban J connectivity index is 1.51. The average Bonchev–Trinajstić information content (AvgIpc) is 3.18. The molecule has 0 spiro atoms. The lowest BCUT2D eigenvalue weighted by atomic mass is 9.96. The van der Waals surface area contributed by atoms with Gasteiger partial charge in [-0.2, -0.15) is 4.98 Å². The van der Waals surface area contributed by atoms with Crippen LogP contribution in [-0.2, 0) is 0 Å². The van der Waals surface area contributed by atoms with Crippen LogP contribution in [0.2, 0.25) is 0 Å². The second kappa shape index (κ2) is 7.22. The van der Waals surface area contributed by atoms with Gasteiger partial charge in [-0.1, -0.05) is 11.2 Å². The highest BCUT2D eigenvalue weighted by molar-refractivity contribution is 5.94. The average molecular weight is 370 g/mol. The molecule has 1 aliphatic heterocycles. The first-order chi connectivity index (χ1) is 13.1. The van der Waals surface area contributed by atoms with Gasteiger partial charge in [-0.25, -0.2) is 8.78 Å². The van der Waals surface area contributed by atoms with Crippen LogP contribution in [-0.4, -0.2) is 39.0 Å². The molecule has 138 valence electrons. The van der Waals surface area contributed by atoms with Gasteiger partial charge in [0.15, 0.2) is 5.82 Å². The SMILES string of the molecule is O=C(c1cc(F)cc(F)c1)N1CCCC(c2noc(-c3ccccn3)n2)C1. The Bertz CT molecular complexity index is 941. The summed E-state index contributed by atoms with van der Waals surface area (Å²) in [5.41, 5.74) is 0.575. The molecule has 1 saturated heterocycles. The van der Waals surface area contributed by atoms with Gasteiger partial charge in [0.2, 0.25) is 0 Å². The molecule has 2 aromatic heterocycles. The van der Waals surface area contributed by atoms with Gasteiger partial charge < -0.3 is 9.42 Å². The van der Waals surface area contributed by atoms with Crippen LogP contribution in [0.1, 0.15) is 34.9 Å². The lowest BCUT2D eigenvalue weighted by molar-refractivity contribution is 0.0702. The second-order valence-corrected chi connectivity index (χ2v) is 6.42. The maximum absolute atomic E-state index is 13.4. The Morgan fingerprint density at radius 2 is 2.00 bits per heavy atom. The number of hydrogen-bond donors (Lipinski definition) is 0. The number of halogens is 2. The van der Waals surface area contributed by atoms with Crippen molar-refractivity contribution in [2.75, 3.05) is 13.1 Å². The molecule has 8 heteroatoms. The molecule has 1 amide bonds. The van der Waals surface area contributed by atoms with Gasteiger partial charge in [0.25, 0.3) is 11.8 Å². The van der Waals surface area contributed by atoms with E-state index in [2.05, 4.69) is 15.1 Å². The normalized spacial score (nSPS) is 17.1. The quantitative estimate of drug-likeness (QED) is 0.706. The number of carbonyl (C=O) groups is 1. The van der Waals surface area contributed by atoms with E-state index in [1.165, 1.54) is 0 Å². The summed E-state index contributed by atoms with van der Waals surface area (Å²) in [5.74, 6) is -1.25. The molecule has 0 N–H and O–H groups in total. The molecule has 3 aromatic rings. The standard InChI is InChI=1S/C19H16F2N4O2/c20-14-8-13(9-15(21)10-14)19(26)25-7-3-4-12(11-25)17-23-18(27-24-17)16-5-1-2-6-22-16/h1-2,5-6,8-10,12H,3-4,7,11H2. The van der Waals surface area contributed by atoms with Crippen LogP contribution in [0.15, 0.2) is 47.1 Å². The van der Waals surface area contributed by atoms with Crippen molar-refractivity contribution < 1.29 is 18.1 Å². The van der Waals surface area contributed by atoms with E-state index in [9.17, 15) is 13.6 Å². The van der Waals surface area contributed by atoms with E-state index < -0.39 is 17.5 Å². The van der Waals surface area contributed by atoms with Crippen molar-refractivity contribution in [3.63, 3.8) is 0 Å². The van der Waals surface area contributed by atoms with Crippen molar-refractivity contribution in [3.8, 4) is 11.6 Å². The van der Waals surface area contributed by atoms with Crippen LogP contribution >= 0.6 is 0 Å². The largest absolute Gasteiger partial charge is 0.338 e. The third-order valence-corrected chi connectivity index (χ3v) is 4.51. The third-order valence-electron chi connectivity index (χ3n) is 4.51. The fourth-order valence-corrected chi connectivity index (χ4v) is 3.23. The minimum atomic E-state index is -0.773. The number of amides is 1. The van der Waals surface area contributed by atoms with Gasteiger partial charge in [0.1, 0.15) is 17.3 Å². The molecule has 0 saturated carbocycles. The van der Waals surface area contributed by atoms with Crippen LogP contribution in [0.25, 0.3) is 11.6 Å². The number of pyridine rings is 1. The first kappa shape index (κ1) is 17.3. The predicted molar refractivity (Wildman–Crippen MR) is 91.8 cm³/mol. The van der Waals surface area contributed by atoms with Crippen LogP contribution in [0.4, 0.5) is 8.78 Å². The molecule has 0 bridgehead atoms. The van der Waals surface area contributed by atoms with Gasteiger partial charge in [-0.15, -0.1) is 0 Å². The van der Waals surface area contributed by atoms with Gasteiger partial charge in [-0.3, -0.25) is 9.78 Å². The highest BCUT2D eigenvalue weighted by atomic mass is 19.1. The third kappa shape index (κ3) is 3.69. The molecule has 1 unspecified atom stereocenters. The summed E-state index contributed by atoms with van der Waals surface area (Å²) in [6.07, 6.45) is 3.17. The first-order valence-electron chi connectivity index (χ1n) is 8.60. The van der Waals surface area contributed by atoms with Gasteiger partial charge >= 0.3 is 0 Å². The molecule has 1 atom stereocenters. The smallest absolute Gasteiger partial charge is 0.276 e. The van der Waals surface area contributed by atoms with E-state index >= 15 is 0 Å². The number of likely N-dealkylation sites (tertiary alicyclic amines) is 1. The molecular formula is C19H16F2N4O2. The summed E-state index contributed by atoms with van der Waals surface area (Å²) in [5, 5.41) is 4.03. The van der Waals surface area contributed by atoms with Gasteiger partial charge in [0, 0.05) is 36.8 Å². The number of hydrogen-bond acceptors (Lipinski definition) is 5.